The fraction of sp³-hybridized carbons (Fsp3) is 0.179. The normalized spacial score (nSPS) is 13.2. The summed E-state index contributed by atoms with van der Waals surface area (Å²) in [5.74, 6) is -0.653. The summed E-state index contributed by atoms with van der Waals surface area (Å²) in [7, 11) is 0. The first kappa shape index (κ1) is 25.1. The van der Waals surface area contributed by atoms with Crippen LogP contribution in [0.1, 0.15) is 30.6 Å². The number of carbonyl (C=O) groups is 3. The first-order chi connectivity index (χ1) is 17.5. The van der Waals surface area contributed by atoms with E-state index >= 15 is 0 Å². The second kappa shape index (κ2) is 11.6. The molecule has 0 fully saturated rings. The van der Waals surface area contributed by atoms with Gasteiger partial charge in [-0.15, -0.1) is 0 Å². The summed E-state index contributed by atoms with van der Waals surface area (Å²) in [6, 6.07) is 22.8. The molecule has 3 aromatic rings. The van der Waals surface area contributed by atoms with Crippen molar-refractivity contribution in [2.24, 2.45) is 0 Å². The molecule has 36 heavy (non-hydrogen) atoms. The lowest BCUT2D eigenvalue weighted by molar-refractivity contribution is -0.120. The summed E-state index contributed by atoms with van der Waals surface area (Å²) in [6.07, 6.45) is 0.721. The molecule has 3 aromatic carbocycles. The van der Waals surface area contributed by atoms with Crippen LogP contribution >= 0.6 is 11.8 Å². The molecule has 8 heteroatoms. The third kappa shape index (κ3) is 5.60. The Morgan fingerprint density at radius 1 is 0.889 bits per heavy atom. The second-order valence-corrected chi connectivity index (χ2v) is 8.91. The maximum atomic E-state index is 13.5. The van der Waals surface area contributed by atoms with Gasteiger partial charge < -0.3 is 14.8 Å². The van der Waals surface area contributed by atoms with Gasteiger partial charge in [-0.1, -0.05) is 36.9 Å². The molecule has 1 N–H and O–H groups in total. The Labute approximate surface area is 214 Å². The van der Waals surface area contributed by atoms with Crippen LogP contribution in [0.5, 0.6) is 5.75 Å². The fourth-order valence-corrected chi connectivity index (χ4v) is 4.47. The van der Waals surface area contributed by atoms with Crippen molar-refractivity contribution in [2.45, 2.75) is 25.2 Å². The number of hydrogen-bond acceptors (Lipinski definition) is 7. The van der Waals surface area contributed by atoms with Crippen LogP contribution in [0.4, 0.5) is 11.4 Å². The zero-order valence-corrected chi connectivity index (χ0v) is 20.8. The summed E-state index contributed by atoms with van der Waals surface area (Å²) >= 11 is 1.22. The number of benzene rings is 3. The molecule has 0 saturated carbocycles. The number of nitrogens with zero attached hydrogens (tertiary/aromatic N) is 1. The Morgan fingerprint density at radius 3 is 2.22 bits per heavy atom. The lowest BCUT2D eigenvalue weighted by atomic mass is 10.2. The molecule has 184 valence electrons. The van der Waals surface area contributed by atoms with Gasteiger partial charge in [0.15, 0.2) is 0 Å². The molecule has 0 radical (unpaired) electrons. The maximum Gasteiger partial charge on any atom is 0.338 e. The van der Waals surface area contributed by atoms with E-state index in [2.05, 4.69) is 5.32 Å². The Kier molecular flexibility index (Phi) is 8.07. The highest BCUT2D eigenvalue weighted by Gasteiger charge is 2.40. The van der Waals surface area contributed by atoms with Crippen LogP contribution in [-0.2, 0) is 14.3 Å². The molecular formula is C28H26N2O5S. The number of thioether (sulfide) groups is 1. The third-order valence-corrected chi connectivity index (χ3v) is 6.33. The number of nitrogens with one attached hydrogen (secondary N) is 1. The standard InChI is InChI=1S/C28H26N2O5S/c1-3-18-35-28(33)19-10-14-21(15-11-19)30-26(31)24(29-20-12-16-22(17-13-20)34-4-2)25(27(30)32)36-23-8-6-5-7-9-23/h5-17,29H,3-4,18H2,1-2H3. The Morgan fingerprint density at radius 2 is 1.58 bits per heavy atom. The molecule has 0 aliphatic carbocycles. The maximum absolute atomic E-state index is 13.5. The Bertz CT molecular complexity index is 1270. The van der Waals surface area contributed by atoms with Crippen LogP contribution in [0.25, 0.3) is 0 Å². The van der Waals surface area contributed by atoms with Crippen LogP contribution < -0.4 is 15.0 Å². The van der Waals surface area contributed by atoms with Gasteiger partial charge in [-0.2, -0.15) is 0 Å². The second-order valence-electron chi connectivity index (χ2n) is 7.83. The van der Waals surface area contributed by atoms with Gasteiger partial charge in [-0.05, 0) is 74.0 Å². The molecule has 0 aromatic heterocycles. The Hall–Kier alpha value is -4.04. The van der Waals surface area contributed by atoms with E-state index in [1.807, 2.05) is 44.2 Å². The molecule has 7 nitrogen and oxygen atoms in total. The van der Waals surface area contributed by atoms with Crippen molar-refractivity contribution in [3.05, 3.63) is 95.0 Å². The van der Waals surface area contributed by atoms with Gasteiger partial charge in [-0.25, -0.2) is 9.69 Å². The smallest absolute Gasteiger partial charge is 0.338 e. The molecule has 0 saturated heterocycles. The molecule has 2 amide bonds. The zero-order valence-electron chi connectivity index (χ0n) is 20.0. The van der Waals surface area contributed by atoms with Gasteiger partial charge in [0.2, 0.25) is 0 Å². The topological polar surface area (TPSA) is 84.9 Å². The molecule has 4 rings (SSSR count). The van der Waals surface area contributed by atoms with E-state index in [1.54, 1.807) is 48.5 Å². The van der Waals surface area contributed by atoms with Crippen LogP contribution in [0, 0.1) is 0 Å². The molecule has 1 heterocycles. The summed E-state index contributed by atoms with van der Waals surface area (Å²) in [5, 5.41) is 3.13. The number of rotatable bonds is 10. The van der Waals surface area contributed by atoms with Crippen LogP contribution in [-0.4, -0.2) is 31.0 Å². The average Bonchev–Trinajstić information content (AvgIpc) is 3.13. The van der Waals surface area contributed by atoms with Crippen molar-refractivity contribution in [3.8, 4) is 5.75 Å². The molecule has 1 aliphatic rings. The molecule has 0 spiro atoms. The highest BCUT2D eigenvalue weighted by atomic mass is 32.2. The molecule has 0 unspecified atom stereocenters. The monoisotopic (exact) mass is 502 g/mol. The van der Waals surface area contributed by atoms with Crippen molar-refractivity contribution >= 4 is 40.9 Å². The van der Waals surface area contributed by atoms with E-state index in [0.717, 1.165) is 16.2 Å². The van der Waals surface area contributed by atoms with Crippen LogP contribution in [0.3, 0.4) is 0 Å². The van der Waals surface area contributed by atoms with Crippen molar-refractivity contribution in [2.75, 3.05) is 23.4 Å². The van der Waals surface area contributed by atoms with Crippen molar-refractivity contribution in [1.82, 2.24) is 0 Å². The van der Waals surface area contributed by atoms with Crippen molar-refractivity contribution in [1.29, 1.82) is 0 Å². The van der Waals surface area contributed by atoms with E-state index in [9.17, 15) is 14.4 Å². The minimum Gasteiger partial charge on any atom is -0.494 e. The number of hydrogen-bond donors (Lipinski definition) is 1. The van der Waals surface area contributed by atoms with Gasteiger partial charge in [-0.3, -0.25) is 9.59 Å². The van der Waals surface area contributed by atoms with Crippen molar-refractivity contribution in [3.63, 3.8) is 0 Å². The minimum atomic E-state index is -0.478. The fourth-order valence-electron chi connectivity index (χ4n) is 3.53. The summed E-state index contributed by atoms with van der Waals surface area (Å²) < 4.78 is 10.6. The van der Waals surface area contributed by atoms with E-state index < -0.39 is 17.8 Å². The highest BCUT2D eigenvalue weighted by Crippen LogP contribution is 2.38. The summed E-state index contributed by atoms with van der Waals surface area (Å²) in [6.45, 7) is 4.70. The SMILES string of the molecule is CCCOC(=O)c1ccc(N2C(=O)C(Nc3ccc(OCC)cc3)=C(Sc3ccccc3)C2=O)cc1. The number of imide groups is 1. The summed E-state index contributed by atoms with van der Waals surface area (Å²) in [5.41, 5.74) is 1.55. The van der Waals surface area contributed by atoms with Crippen molar-refractivity contribution < 1.29 is 23.9 Å². The summed E-state index contributed by atoms with van der Waals surface area (Å²) in [4.78, 5) is 41.4. The van der Waals surface area contributed by atoms with Gasteiger partial charge in [0.25, 0.3) is 11.8 Å². The molecular weight excluding hydrogens is 476 g/mol. The number of esters is 1. The predicted octanol–water partition coefficient (Wildman–Crippen LogP) is 5.64. The number of anilines is 2. The first-order valence-electron chi connectivity index (χ1n) is 11.6. The van der Waals surface area contributed by atoms with Crippen LogP contribution in [0.15, 0.2) is 94.4 Å². The lowest BCUT2D eigenvalue weighted by Gasteiger charge is -2.16. The number of amides is 2. The predicted molar refractivity (Wildman–Crippen MR) is 140 cm³/mol. The lowest BCUT2D eigenvalue weighted by Crippen LogP contribution is -2.32. The van der Waals surface area contributed by atoms with E-state index in [4.69, 9.17) is 9.47 Å². The average molecular weight is 503 g/mol. The third-order valence-electron chi connectivity index (χ3n) is 5.24. The van der Waals surface area contributed by atoms with Gasteiger partial charge in [0, 0.05) is 10.6 Å². The van der Waals surface area contributed by atoms with Gasteiger partial charge in [0.05, 0.1) is 24.5 Å². The van der Waals surface area contributed by atoms with E-state index in [0.29, 0.717) is 35.9 Å². The van der Waals surface area contributed by atoms with Gasteiger partial charge in [0.1, 0.15) is 16.4 Å². The number of ether oxygens (including phenoxy) is 2. The minimum absolute atomic E-state index is 0.185. The Balaban J connectivity index is 1.63. The zero-order chi connectivity index (χ0) is 25.5. The molecule has 0 atom stereocenters. The van der Waals surface area contributed by atoms with Gasteiger partial charge >= 0.3 is 5.97 Å². The quantitative estimate of drug-likeness (QED) is 0.284. The van der Waals surface area contributed by atoms with Crippen LogP contribution in [0.2, 0.25) is 0 Å². The van der Waals surface area contributed by atoms with E-state index in [1.165, 1.54) is 11.8 Å². The first-order valence-corrected chi connectivity index (χ1v) is 12.5. The number of carbonyl (C=O) groups excluding carboxylic acids is 3. The highest BCUT2D eigenvalue weighted by molar-refractivity contribution is 8.04. The molecule has 0 bridgehead atoms. The van der Waals surface area contributed by atoms with E-state index in [-0.39, 0.29) is 10.6 Å². The largest absolute Gasteiger partial charge is 0.494 e. The molecule has 1 aliphatic heterocycles.